The number of unbranched alkanes of at least 4 members (excludes halogenated alkanes) is 1. The van der Waals surface area contributed by atoms with E-state index < -0.39 is 0 Å². The molecule has 7 nitrogen and oxygen atoms in total. The van der Waals surface area contributed by atoms with Gasteiger partial charge in [-0.25, -0.2) is 9.98 Å². The van der Waals surface area contributed by atoms with E-state index in [0.29, 0.717) is 18.4 Å². The van der Waals surface area contributed by atoms with Gasteiger partial charge in [0, 0.05) is 34.7 Å². The van der Waals surface area contributed by atoms with Crippen molar-refractivity contribution in [2.24, 2.45) is 10.9 Å². The minimum atomic E-state index is 0.0141. The predicted octanol–water partition coefficient (Wildman–Crippen LogP) is 2.49. The topological polar surface area (TPSA) is 72.9 Å². The van der Waals surface area contributed by atoms with Gasteiger partial charge in [-0.15, -0.1) is 0 Å². The lowest BCUT2D eigenvalue weighted by atomic mass is 9.99. The molecule has 1 heterocycles. The zero-order chi connectivity index (χ0) is 20.9. The van der Waals surface area contributed by atoms with E-state index in [2.05, 4.69) is 34.5 Å². The van der Waals surface area contributed by atoms with Crippen LogP contribution in [0.5, 0.6) is 0 Å². The van der Waals surface area contributed by atoms with Crippen molar-refractivity contribution >= 4 is 17.7 Å². The second kappa shape index (κ2) is 13.0. The van der Waals surface area contributed by atoms with Gasteiger partial charge in [-0.1, -0.05) is 39.2 Å². The average molecular weight is 391 g/mol. The minimum absolute atomic E-state index is 0.0141. The number of aliphatic imine (C=N–C) groups is 1. The van der Waals surface area contributed by atoms with E-state index in [1.807, 2.05) is 37.2 Å². The number of aromatic nitrogens is 1. The van der Waals surface area contributed by atoms with Crippen LogP contribution >= 0.6 is 0 Å². The third-order valence-corrected chi connectivity index (χ3v) is 4.66. The first-order valence-corrected chi connectivity index (χ1v) is 10.2. The van der Waals surface area contributed by atoms with Gasteiger partial charge in [0.1, 0.15) is 5.82 Å². The van der Waals surface area contributed by atoms with Crippen molar-refractivity contribution in [3.05, 3.63) is 23.9 Å². The molecule has 0 aliphatic heterocycles. The molecule has 1 rings (SSSR count). The third-order valence-electron chi connectivity index (χ3n) is 4.66. The fourth-order valence-electron chi connectivity index (χ4n) is 2.64. The van der Waals surface area contributed by atoms with Crippen molar-refractivity contribution in [1.29, 1.82) is 0 Å². The summed E-state index contributed by atoms with van der Waals surface area (Å²) in [4.78, 5) is 24.7. The Hall–Kier alpha value is -2.31. The van der Waals surface area contributed by atoms with Crippen LogP contribution in [0, 0.1) is 5.92 Å². The van der Waals surface area contributed by atoms with Crippen LogP contribution in [0.25, 0.3) is 0 Å². The normalized spacial score (nSPS) is 12.4. The molecule has 158 valence electrons. The number of rotatable bonds is 11. The van der Waals surface area contributed by atoms with Crippen molar-refractivity contribution < 1.29 is 4.79 Å². The van der Waals surface area contributed by atoms with Gasteiger partial charge in [-0.2, -0.15) is 0 Å². The maximum absolute atomic E-state index is 11.9. The van der Waals surface area contributed by atoms with E-state index in [-0.39, 0.29) is 12.5 Å². The molecule has 0 saturated carbocycles. The van der Waals surface area contributed by atoms with Crippen molar-refractivity contribution in [3.8, 4) is 0 Å². The van der Waals surface area contributed by atoms with Gasteiger partial charge in [0.2, 0.25) is 5.91 Å². The standard InChI is InChI=1S/C21H38N6O/c1-7-9-11-17(8-2)14-22-21(24-16-20(28)27(5)6)23-15-18-12-10-13-19(25-18)26(3)4/h10,12-13,17H,7-9,11,14-16H2,1-6H3,(H2,22,23,24). The number of amides is 1. The summed E-state index contributed by atoms with van der Waals surface area (Å²) in [6.45, 7) is 5.97. The quantitative estimate of drug-likeness (QED) is 0.449. The number of hydrogen-bond acceptors (Lipinski definition) is 4. The highest BCUT2D eigenvalue weighted by Gasteiger charge is 2.10. The second-order valence-electron chi connectivity index (χ2n) is 7.49. The molecular weight excluding hydrogens is 352 g/mol. The van der Waals surface area contributed by atoms with Crippen LogP contribution < -0.4 is 15.5 Å². The first-order chi connectivity index (χ1) is 13.4. The van der Waals surface area contributed by atoms with Crippen LogP contribution in [-0.2, 0) is 11.3 Å². The summed E-state index contributed by atoms with van der Waals surface area (Å²) in [5.74, 6) is 2.18. The molecule has 0 aliphatic rings. The Labute approximate surface area is 170 Å². The van der Waals surface area contributed by atoms with Crippen molar-refractivity contribution in [2.45, 2.75) is 46.1 Å². The SMILES string of the molecule is CCCCC(CC)CNC(=NCc1cccc(N(C)C)n1)NCC(=O)N(C)C. The Morgan fingerprint density at radius 3 is 2.54 bits per heavy atom. The van der Waals surface area contributed by atoms with Crippen LogP contribution in [0.15, 0.2) is 23.2 Å². The average Bonchev–Trinajstić information content (AvgIpc) is 2.69. The molecule has 0 bridgehead atoms. The van der Waals surface area contributed by atoms with Gasteiger partial charge in [0.25, 0.3) is 0 Å². The van der Waals surface area contributed by atoms with E-state index in [1.54, 1.807) is 19.0 Å². The lowest BCUT2D eigenvalue weighted by molar-refractivity contribution is -0.127. The van der Waals surface area contributed by atoms with Gasteiger partial charge in [-0.3, -0.25) is 4.79 Å². The van der Waals surface area contributed by atoms with E-state index in [0.717, 1.165) is 24.5 Å². The van der Waals surface area contributed by atoms with Gasteiger partial charge in [0.15, 0.2) is 5.96 Å². The number of nitrogens with zero attached hydrogens (tertiary/aromatic N) is 4. The maximum atomic E-state index is 11.9. The molecule has 1 amide bonds. The summed E-state index contributed by atoms with van der Waals surface area (Å²) in [6, 6.07) is 5.93. The molecule has 0 fully saturated rings. The Morgan fingerprint density at radius 2 is 1.93 bits per heavy atom. The number of guanidine groups is 1. The monoisotopic (exact) mass is 390 g/mol. The predicted molar refractivity (Wildman–Crippen MR) is 118 cm³/mol. The molecule has 0 radical (unpaired) electrons. The van der Waals surface area contributed by atoms with Crippen molar-refractivity contribution in [3.63, 3.8) is 0 Å². The van der Waals surface area contributed by atoms with E-state index in [4.69, 9.17) is 0 Å². The smallest absolute Gasteiger partial charge is 0.241 e. The Kier molecular flexibility index (Phi) is 11.0. The number of likely N-dealkylation sites (N-methyl/N-ethyl adjacent to an activating group) is 1. The molecule has 1 unspecified atom stereocenters. The van der Waals surface area contributed by atoms with Crippen LogP contribution in [0.3, 0.4) is 0 Å². The zero-order valence-corrected chi connectivity index (χ0v) is 18.5. The summed E-state index contributed by atoms with van der Waals surface area (Å²) in [5.41, 5.74) is 0.893. The van der Waals surface area contributed by atoms with Crippen molar-refractivity contribution in [2.75, 3.05) is 46.2 Å². The Balaban J connectivity index is 2.79. The van der Waals surface area contributed by atoms with Crippen LogP contribution in [0.2, 0.25) is 0 Å². The number of hydrogen-bond donors (Lipinski definition) is 2. The summed E-state index contributed by atoms with van der Waals surface area (Å²) >= 11 is 0. The molecule has 7 heteroatoms. The number of carbonyl (C=O) groups is 1. The second-order valence-corrected chi connectivity index (χ2v) is 7.49. The van der Waals surface area contributed by atoms with Crippen molar-refractivity contribution in [1.82, 2.24) is 20.5 Å². The number of carbonyl (C=O) groups excluding carboxylic acids is 1. The highest BCUT2D eigenvalue weighted by molar-refractivity contribution is 5.86. The number of anilines is 1. The van der Waals surface area contributed by atoms with E-state index in [1.165, 1.54) is 19.3 Å². The molecule has 1 aromatic rings. The number of nitrogens with one attached hydrogen (secondary N) is 2. The lowest BCUT2D eigenvalue weighted by Crippen LogP contribution is -2.44. The summed E-state index contributed by atoms with van der Waals surface area (Å²) in [6.07, 6.45) is 4.78. The molecule has 1 aromatic heterocycles. The van der Waals surface area contributed by atoms with E-state index in [9.17, 15) is 4.79 Å². The number of pyridine rings is 1. The minimum Gasteiger partial charge on any atom is -0.363 e. The van der Waals surface area contributed by atoms with Gasteiger partial charge in [-0.05, 0) is 24.5 Å². The summed E-state index contributed by atoms with van der Waals surface area (Å²) in [7, 11) is 7.45. The molecule has 0 saturated heterocycles. The molecule has 0 aliphatic carbocycles. The first-order valence-electron chi connectivity index (χ1n) is 10.2. The molecule has 0 spiro atoms. The molecule has 1 atom stereocenters. The zero-order valence-electron chi connectivity index (χ0n) is 18.5. The largest absolute Gasteiger partial charge is 0.363 e. The maximum Gasteiger partial charge on any atom is 0.241 e. The summed E-state index contributed by atoms with van der Waals surface area (Å²) < 4.78 is 0. The fraction of sp³-hybridized carbons (Fsp3) is 0.667. The summed E-state index contributed by atoms with van der Waals surface area (Å²) in [5, 5.41) is 6.57. The molecular formula is C21H38N6O. The van der Waals surface area contributed by atoms with Gasteiger partial charge in [0.05, 0.1) is 18.8 Å². The lowest BCUT2D eigenvalue weighted by Gasteiger charge is -2.19. The van der Waals surface area contributed by atoms with E-state index >= 15 is 0 Å². The molecule has 2 N–H and O–H groups in total. The van der Waals surface area contributed by atoms with Gasteiger partial charge >= 0.3 is 0 Å². The Morgan fingerprint density at radius 1 is 1.18 bits per heavy atom. The van der Waals surface area contributed by atoms with Crippen LogP contribution in [0.4, 0.5) is 5.82 Å². The Bertz CT molecular complexity index is 615. The first kappa shape index (κ1) is 23.7. The molecule has 0 aromatic carbocycles. The highest BCUT2D eigenvalue weighted by atomic mass is 16.2. The fourth-order valence-corrected chi connectivity index (χ4v) is 2.64. The third kappa shape index (κ3) is 9.06. The van der Waals surface area contributed by atoms with Gasteiger partial charge < -0.3 is 20.4 Å². The van der Waals surface area contributed by atoms with Crippen LogP contribution in [0.1, 0.15) is 45.2 Å². The highest BCUT2D eigenvalue weighted by Crippen LogP contribution is 2.11. The molecule has 28 heavy (non-hydrogen) atoms. The van der Waals surface area contributed by atoms with Crippen LogP contribution in [-0.4, -0.2) is 63.0 Å².